The second kappa shape index (κ2) is 13.1. The van der Waals surface area contributed by atoms with Gasteiger partial charge in [-0.25, -0.2) is 0 Å². The number of rotatable bonds is 12. The molecule has 1 aromatic carbocycles. The van der Waals surface area contributed by atoms with E-state index in [0.29, 0.717) is 23.9 Å². The number of ether oxygens (including phenoxy) is 2. The van der Waals surface area contributed by atoms with E-state index < -0.39 is 6.61 Å². The summed E-state index contributed by atoms with van der Waals surface area (Å²) < 4.78 is 35.6. The van der Waals surface area contributed by atoms with E-state index >= 15 is 0 Å². The number of hydrogen-bond donors (Lipinski definition) is 2. The maximum Gasteiger partial charge on any atom is 0.387 e. The summed E-state index contributed by atoms with van der Waals surface area (Å²) in [6.07, 6.45) is 2.34. The van der Waals surface area contributed by atoms with Crippen LogP contribution >= 0.6 is 0 Å². The first-order valence-corrected chi connectivity index (χ1v) is 9.34. The van der Waals surface area contributed by atoms with E-state index in [4.69, 9.17) is 4.74 Å². The van der Waals surface area contributed by atoms with Crippen LogP contribution in [0.4, 0.5) is 8.78 Å². The highest BCUT2D eigenvalue weighted by molar-refractivity contribution is 5.79. The van der Waals surface area contributed by atoms with Gasteiger partial charge < -0.3 is 25.0 Å². The van der Waals surface area contributed by atoms with Crippen LogP contribution in [0.3, 0.4) is 0 Å². The number of alkyl halides is 2. The fourth-order valence-corrected chi connectivity index (χ4v) is 2.50. The Bertz CT molecular complexity index is 571. The van der Waals surface area contributed by atoms with Crippen molar-refractivity contribution in [3.8, 4) is 11.5 Å². The minimum Gasteiger partial charge on any atom is -0.490 e. The topological polar surface area (TPSA) is 58.1 Å². The van der Waals surface area contributed by atoms with Crippen molar-refractivity contribution in [2.45, 2.75) is 39.8 Å². The Morgan fingerprint density at radius 2 is 2.00 bits per heavy atom. The molecule has 1 rings (SSSR count). The SMILES string of the molecule is CCCCN(C)CCNC(=NC)NCc1cccc(OCC)c1OC(F)F. The molecule has 0 atom stereocenters. The first kappa shape index (κ1) is 23.0. The molecule has 0 saturated carbocycles. The predicted molar refractivity (Wildman–Crippen MR) is 105 cm³/mol. The van der Waals surface area contributed by atoms with Gasteiger partial charge in [-0.3, -0.25) is 4.99 Å². The Hall–Kier alpha value is -2.09. The van der Waals surface area contributed by atoms with E-state index in [9.17, 15) is 8.78 Å². The van der Waals surface area contributed by atoms with Crippen LogP contribution in [0, 0.1) is 0 Å². The van der Waals surface area contributed by atoms with Crippen molar-refractivity contribution in [1.29, 1.82) is 0 Å². The third kappa shape index (κ3) is 8.90. The van der Waals surface area contributed by atoms with Gasteiger partial charge >= 0.3 is 6.61 Å². The monoisotopic (exact) mass is 386 g/mol. The maximum atomic E-state index is 12.8. The summed E-state index contributed by atoms with van der Waals surface area (Å²) in [6.45, 7) is 4.38. The van der Waals surface area contributed by atoms with Gasteiger partial charge in [0.1, 0.15) is 0 Å². The largest absolute Gasteiger partial charge is 0.490 e. The highest BCUT2D eigenvalue weighted by Crippen LogP contribution is 2.32. The number of unbranched alkanes of at least 4 members (excludes halogenated alkanes) is 1. The van der Waals surface area contributed by atoms with Crippen LogP contribution in [0.1, 0.15) is 32.3 Å². The molecule has 6 nitrogen and oxygen atoms in total. The maximum absolute atomic E-state index is 12.8. The van der Waals surface area contributed by atoms with Crippen LogP contribution in [0.2, 0.25) is 0 Å². The van der Waals surface area contributed by atoms with Crippen molar-refractivity contribution in [1.82, 2.24) is 15.5 Å². The van der Waals surface area contributed by atoms with Gasteiger partial charge in [-0.15, -0.1) is 0 Å². The molecule has 0 saturated heterocycles. The number of benzene rings is 1. The van der Waals surface area contributed by atoms with E-state index in [0.717, 1.165) is 19.6 Å². The Labute approximate surface area is 160 Å². The highest BCUT2D eigenvalue weighted by Gasteiger charge is 2.16. The number of nitrogens with one attached hydrogen (secondary N) is 2. The molecule has 0 unspecified atom stereocenters. The summed E-state index contributed by atoms with van der Waals surface area (Å²) in [7, 11) is 3.75. The van der Waals surface area contributed by atoms with Crippen LogP contribution in [0.15, 0.2) is 23.2 Å². The lowest BCUT2D eigenvalue weighted by atomic mass is 10.2. The molecular weight excluding hydrogens is 354 g/mol. The zero-order valence-electron chi connectivity index (χ0n) is 16.7. The van der Waals surface area contributed by atoms with Crippen molar-refractivity contribution < 1.29 is 18.3 Å². The molecule has 27 heavy (non-hydrogen) atoms. The molecule has 0 fully saturated rings. The average molecular weight is 386 g/mol. The number of aliphatic imine (C=N–C) groups is 1. The van der Waals surface area contributed by atoms with E-state index in [1.165, 1.54) is 12.8 Å². The fraction of sp³-hybridized carbons (Fsp3) is 0.632. The van der Waals surface area contributed by atoms with Crippen molar-refractivity contribution in [3.05, 3.63) is 23.8 Å². The summed E-state index contributed by atoms with van der Waals surface area (Å²) in [6, 6.07) is 5.09. The number of para-hydroxylation sites is 1. The number of likely N-dealkylation sites (N-methyl/N-ethyl adjacent to an activating group) is 1. The molecule has 0 radical (unpaired) electrons. The normalized spacial score (nSPS) is 11.8. The van der Waals surface area contributed by atoms with Crippen LogP contribution in [-0.4, -0.2) is 57.8 Å². The third-order valence-corrected chi connectivity index (χ3v) is 3.92. The zero-order valence-corrected chi connectivity index (χ0v) is 16.7. The third-order valence-electron chi connectivity index (χ3n) is 3.92. The van der Waals surface area contributed by atoms with E-state index in [-0.39, 0.29) is 12.3 Å². The first-order chi connectivity index (χ1) is 13.0. The molecule has 0 bridgehead atoms. The Balaban J connectivity index is 2.62. The molecule has 8 heteroatoms. The smallest absolute Gasteiger partial charge is 0.387 e. The van der Waals surface area contributed by atoms with E-state index in [1.54, 1.807) is 32.2 Å². The van der Waals surface area contributed by atoms with Gasteiger partial charge in [0.05, 0.1) is 6.61 Å². The average Bonchev–Trinajstić information content (AvgIpc) is 2.64. The molecule has 0 aliphatic rings. The first-order valence-electron chi connectivity index (χ1n) is 9.34. The lowest BCUT2D eigenvalue weighted by molar-refractivity contribution is -0.0520. The van der Waals surface area contributed by atoms with Crippen LogP contribution in [-0.2, 0) is 6.54 Å². The van der Waals surface area contributed by atoms with E-state index in [2.05, 4.69) is 39.2 Å². The zero-order chi connectivity index (χ0) is 20.1. The molecule has 154 valence electrons. The molecule has 0 aromatic heterocycles. The summed E-state index contributed by atoms with van der Waals surface area (Å²) in [5.41, 5.74) is 0.573. The predicted octanol–water partition coefficient (Wildman–Crippen LogP) is 3.08. The molecule has 0 heterocycles. The van der Waals surface area contributed by atoms with Gasteiger partial charge in [0.2, 0.25) is 0 Å². The molecule has 0 spiro atoms. The van der Waals surface area contributed by atoms with Crippen LogP contribution in [0.5, 0.6) is 11.5 Å². The molecule has 0 amide bonds. The van der Waals surface area contributed by atoms with Gasteiger partial charge in [-0.1, -0.05) is 25.5 Å². The Kier molecular flexibility index (Phi) is 11.2. The number of guanidine groups is 1. The fourth-order valence-electron chi connectivity index (χ4n) is 2.50. The number of hydrogen-bond acceptors (Lipinski definition) is 4. The van der Waals surface area contributed by atoms with Crippen molar-refractivity contribution in [3.63, 3.8) is 0 Å². The van der Waals surface area contributed by atoms with Gasteiger partial charge in [-0.2, -0.15) is 8.78 Å². The lowest BCUT2D eigenvalue weighted by Crippen LogP contribution is -2.40. The summed E-state index contributed by atoms with van der Waals surface area (Å²) in [5, 5.41) is 6.35. The summed E-state index contributed by atoms with van der Waals surface area (Å²) >= 11 is 0. The summed E-state index contributed by atoms with van der Waals surface area (Å²) in [4.78, 5) is 6.42. The molecule has 1 aromatic rings. The minimum absolute atomic E-state index is 0.0524. The second-order valence-corrected chi connectivity index (χ2v) is 6.07. The lowest BCUT2D eigenvalue weighted by Gasteiger charge is -2.19. The van der Waals surface area contributed by atoms with Crippen molar-refractivity contribution in [2.75, 3.05) is 40.3 Å². The van der Waals surface area contributed by atoms with Crippen LogP contribution < -0.4 is 20.1 Å². The standard InChI is InChI=1S/C19H32F2N4O2/c1-5-7-12-25(4)13-11-23-19(22-3)24-14-15-9-8-10-16(26-6-2)17(15)27-18(20)21/h8-10,18H,5-7,11-14H2,1-4H3,(H2,22,23,24). The van der Waals surface area contributed by atoms with Gasteiger partial charge in [-0.05, 0) is 33.0 Å². The van der Waals surface area contributed by atoms with Crippen LogP contribution in [0.25, 0.3) is 0 Å². The highest BCUT2D eigenvalue weighted by atomic mass is 19.3. The minimum atomic E-state index is -2.92. The quantitative estimate of drug-likeness (QED) is 0.427. The molecule has 0 aliphatic carbocycles. The van der Waals surface area contributed by atoms with Gasteiger partial charge in [0.25, 0.3) is 0 Å². The number of halogens is 2. The Morgan fingerprint density at radius 1 is 1.22 bits per heavy atom. The second-order valence-electron chi connectivity index (χ2n) is 6.07. The Morgan fingerprint density at radius 3 is 2.63 bits per heavy atom. The van der Waals surface area contributed by atoms with Gasteiger partial charge in [0, 0.05) is 32.2 Å². The molecule has 0 aliphatic heterocycles. The van der Waals surface area contributed by atoms with Gasteiger partial charge in [0.15, 0.2) is 17.5 Å². The van der Waals surface area contributed by atoms with E-state index in [1.807, 2.05) is 0 Å². The van der Waals surface area contributed by atoms with Crippen molar-refractivity contribution in [2.24, 2.45) is 4.99 Å². The van der Waals surface area contributed by atoms with Crippen molar-refractivity contribution >= 4 is 5.96 Å². The number of nitrogens with zero attached hydrogens (tertiary/aromatic N) is 2. The molecular formula is C19H32F2N4O2. The summed E-state index contributed by atoms with van der Waals surface area (Å²) in [5.74, 6) is 0.956. The molecule has 2 N–H and O–H groups in total.